The number of nitro groups is 1. The molecule has 0 bridgehead atoms. The number of halogens is 1. The van der Waals surface area contributed by atoms with Crippen LogP contribution in [0.3, 0.4) is 0 Å². The minimum absolute atomic E-state index is 0.00985. The Kier molecular flexibility index (Phi) is 8.47. The van der Waals surface area contributed by atoms with Crippen molar-refractivity contribution in [2.24, 2.45) is 0 Å². The molecule has 210 valence electrons. The van der Waals surface area contributed by atoms with Crippen molar-refractivity contribution >= 4 is 39.2 Å². The largest absolute Gasteiger partial charge is 0.462 e. The Labute approximate surface area is 235 Å². The fraction of sp³-hybridized carbons (Fsp3) is 0.308. The molecule has 4 rings (SSSR count). The average Bonchev–Trinajstić information content (AvgIpc) is 2.92. The van der Waals surface area contributed by atoms with Crippen LogP contribution in [0.5, 0.6) is 0 Å². The number of piperazine rings is 1. The molecule has 1 amide bonds. The van der Waals surface area contributed by atoms with Gasteiger partial charge < -0.3 is 9.64 Å². The van der Waals surface area contributed by atoms with Gasteiger partial charge in [0.25, 0.3) is 11.6 Å². The molecule has 1 aliphatic rings. The van der Waals surface area contributed by atoms with Crippen molar-refractivity contribution in [3.8, 4) is 11.3 Å². The van der Waals surface area contributed by atoms with Crippen molar-refractivity contribution < 1.29 is 27.7 Å². The number of amides is 1. The lowest BCUT2D eigenvalue weighted by molar-refractivity contribution is -0.384. The summed E-state index contributed by atoms with van der Waals surface area (Å²) in [6, 6.07) is 11.5. The van der Waals surface area contributed by atoms with E-state index in [-0.39, 0.29) is 58.9 Å². The lowest BCUT2D eigenvalue weighted by Crippen LogP contribution is -2.55. The molecular formula is C26H26ClN5O7S. The molecule has 1 saturated heterocycles. The van der Waals surface area contributed by atoms with Gasteiger partial charge in [0.1, 0.15) is 22.1 Å². The van der Waals surface area contributed by atoms with E-state index in [9.17, 15) is 28.1 Å². The summed E-state index contributed by atoms with van der Waals surface area (Å²) in [4.78, 5) is 47.2. The van der Waals surface area contributed by atoms with Crippen molar-refractivity contribution in [2.75, 3.05) is 26.2 Å². The molecule has 0 saturated carbocycles. The van der Waals surface area contributed by atoms with E-state index in [1.807, 2.05) is 6.07 Å². The van der Waals surface area contributed by atoms with Crippen LogP contribution in [0.4, 0.5) is 5.69 Å². The number of aromatic nitrogens is 2. The third kappa shape index (κ3) is 5.67. The number of carbonyl (C=O) groups excluding carboxylic acids is 2. The summed E-state index contributed by atoms with van der Waals surface area (Å²) in [5, 5.41) is 11.1. The zero-order valence-corrected chi connectivity index (χ0v) is 23.5. The van der Waals surface area contributed by atoms with Crippen molar-refractivity contribution in [2.45, 2.75) is 31.7 Å². The van der Waals surface area contributed by atoms with Gasteiger partial charge in [0.15, 0.2) is 0 Å². The number of hydrogen-bond acceptors (Lipinski definition) is 9. The Morgan fingerprint density at radius 1 is 1.15 bits per heavy atom. The second kappa shape index (κ2) is 11.7. The van der Waals surface area contributed by atoms with E-state index < -0.39 is 38.6 Å². The monoisotopic (exact) mass is 587 g/mol. The van der Waals surface area contributed by atoms with Gasteiger partial charge >= 0.3 is 5.97 Å². The van der Waals surface area contributed by atoms with E-state index in [1.165, 1.54) is 15.3 Å². The second-order valence-corrected chi connectivity index (χ2v) is 11.3. The molecule has 40 heavy (non-hydrogen) atoms. The van der Waals surface area contributed by atoms with Crippen LogP contribution in [-0.2, 0) is 14.8 Å². The third-order valence-electron chi connectivity index (χ3n) is 6.32. The van der Waals surface area contributed by atoms with Gasteiger partial charge in [0.2, 0.25) is 10.0 Å². The van der Waals surface area contributed by atoms with Crippen LogP contribution in [0.25, 0.3) is 11.3 Å². The Balaban J connectivity index is 1.66. The van der Waals surface area contributed by atoms with Crippen molar-refractivity contribution in [3.63, 3.8) is 0 Å². The van der Waals surface area contributed by atoms with Crippen LogP contribution in [0, 0.1) is 17.0 Å². The van der Waals surface area contributed by atoms with Gasteiger partial charge in [-0.25, -0.2) is 23.2 Å². The van der Waals surface area contributed by atoms with Crippen LogP contribution in [0.15, 0.2) is 53.4 Å². The number of carbonyl (C=O) groups is 2. The Morgan fingerprint density at radius 2 is 1.85 bits per heavy atom. The molecule has 2 heterocycles. The summed E-state index contributed by atoms with van der Waals surface area (Å²) in [6.45, 7) is 4.84. The predicted octanol–water partition coefficient (Wildman–Crippen LogP) is 3.73. The second-order valence-electron chi connectivity index (χ2n) is 9.02. The number of hydrogen-bond donors (Lipinski definition) is 0. The highest BCUT2D eigenvalue weighted by Gasteiger charge is 2.38. The molecule has 0 radical (unpaired) electrons. The number of nitrogens with zero attached hydrogens (tertiary/aromatic N) is 5. The molecule has 12 nitrogen and oxygen atoms in total. The normalized spacial score (nSPS) is 16.0. The predicted molar refractivity (Wildman–Crippen MR) is 146 cm³/mol. The average molecular weight is 588 g/mol. The minimum atomic E-state index is -4.14. The molecule has 1 fully saturated rings. The standard InChI is InChI=1S/C26H26ClN5O7S/c1-4-39-26(34)22-23(18-8-6-5-7-9-18)28-17(3)29-24(22)25(33)30-12-13-31(16(2)15-30)40(37,38)19-10-11-20(27)21(14-19)32(35)36/h5-11,14,16H,4,12-13,15H2,1-3H3. The number of esters is 1. The summed E-state index contributed by atoms with van der Waals surface area (Å²) in [5.41, 5.74) is 0.130. The van der Waals surface area contributed by atoms with Gasteiger partial charge in [-0.1, -0.05) is 41.9 Å². The first-order valence-corrected chi connectivity index (χ1v) is 14.1. The number of sulfonamides is 1. The van der Waals surface area contributed by atoms with Crippen molar-refractivity contribution in [1.82, 2.24) is 19.2 Å². The Morgan fingerprint density at radius 3 is 2.48 bits per heavy atom. The van der Waals surface area contributed by atoms with E-state index in [0.717, 1.165) is 12.1 Å². The molecule has 2 aromatic carbocycles. The van der Waals surface area contributed by atoms with E-state index in [0.29, 0.717) is 5.56 Å². The zero-order valence-electron chi connectivity index (χ0n) is 21.9. The topological polar surface area (TPSA) is 153 Å². The molecule has 1 aliphatic heterocycles. The van der Waals surface area contributed by atoms with Crippen LogP contribution in [0.1, 0.15) is 40.5 Å². The fourth-order valence-corrected chi connectivity index (χ4v) is 6.31. The highest BCUT2D eigenvalue weighted by atomic mass is 35.5. The summed E-state index contributed by atoms with van der Waals surface area (Å²) in [5.74, 6) is -1.05. The Hall–Kier alpha value is -3.94. The SMILES string of the molecule is CCOC(=O)c1c(C(=O)N2CCN(S(=O)(=O)c3ccc(Cl)c([N+](=O)[O-])c3)C(C)C2)nc(C)nc1-c1ccccc1. The maximum Gasteiger partial charge on any atom is 0.342 e. The molecule has 0 N–H and O–H groups in total. The lowest BCUT2D eigenvalue weighted by Gasteiger charge is -2.38. The number of ether oxygens (including phenoxy) is 1. The van der Waals surface area contributed by atoms with E-state index in [2.05, 4.69) is 9.97 Å². The van der Waals surface area contributed by atoms with Crippen LogP contribution in [0.2, 0.25) is 5.02 Å². The van der Waals surface area contributed by atoms with Gasteiger partial charge in [-0.05, 0) is 32.9 Å². The maximum absolute atomic E-state index is 13.8. The highest BCUT2D eigenvalue weighted by Crippen LogP contribution is 2.31. The van der Waals surface area contributed by atoms with Gasteiger partial charge in [0, 0.05) is 37.3 Å². The van der Waals surface area contributed by atoms with E-state index in [4.69, 9.17) is 16.3 Å². The summed E-state index contributed by atoms with van der Waals surface area (Å²) in [6.07, 6.45) is 0. The smallest absolute Gasteiger partial charge is 0.342 e. The van der Waals surface area contributed by atoms with Gasteiger partial charge in [-0.15, -0.1) is 0 Å². The summed E-state index contributed by atoms with van der Waals surface area (Å²) in [7, 11) is -4.14. The molecule has 1 atom stereocenters. The number of aryl methyl sites for hydroxylation is 1. The van der Waals surface area contributed by atoms with Gasteiger partial charge in [-0.3, -0.25) is 14.9 Å². The number of rotatable bonds is 7. The first kappa shape index (κ1) is 29.1. The number of benzene rings is 2. The first-order valence-electron chi connectivity index (χ1n) is 12.3. The molecule has 3 aromatic rings. The van der Waals surface area contributed by atoms with Crippen LogP contribution in [-0.4, -0.2) is 76.7 Å². The molecule has 0 aliphatic carbocycles. The fourth-order valence-electron chi connectivity index (χ4n) is 4.49. The molecular weight excluding hydrogens is 562 g/mol. The molecule has 1 aromatic heterocycles. The maximum atomic E-state index is 13.8. The first-order chi connectivity index (χ1) is 18.9. The quantitative estimate of drug-likeness (QED) is 0.228. The minimum Gasteiger partial charge on any atom is -0.462 e. The molecule has 0 spiro atoms. The summed E-state index contributed by atoms with van der Waals surface area (Å²) < 4.78 is 33.2. The van der Waals surface area contributed by atoms with Crippen LogP contribution < -0.4 is 0 Å². The highest BCUT2D eigenvalue weighted by molar-refractivity contribution is 7.89. The van der Waals surface area contributed by atoms with Crippen molar-refractivity contribution in [1.29, 1.82) is 0 Å². The van der Waals surface area contributed by atoms with Crippen molar-refractivity contribution in [3.05, 3.63) is 80.7 Å². The van der Waals surface area contributed by atoms with E-state index >= 15 is 0 Å². The van der Waals surface area contributed by atoms with Crippen LogP contribution >= 0.6 is 11.6 Å². The molecule has 1 unspecified atom stereocenters. The third-order valence-corrected chi connectivity index (χ3v) is 8.65. The van der Waals surface area contributed by atoms with Gasteiger partial charge in [0.05, 0.1) is 22.1 Å². The lowest BCUT2D eigenvalue weighted by atomic mass is 10.0. The van der Waals surface area contributed by atoms with Gasteiger partial charge in [-0.2, -0.15) is 4.31 Å². The molecule has 14 heteroatoms. The summed E-state index contributed by atoms with van der Waals surface area (Å²) >= 11 is 5.85. The Bertz CT molecular complexity index is 1580. The number of nitro benzene ring substituents is 1. The van der Waals surface area contributed by atoms with E-state index in [1.54, 1.807) is 45.0 Å². The zero-order chi connectivity index (χ0) is 29.2.